The van der Waals surface area contributed by atoms with Gasteiger partial charge in [-0.25, -0.2) is 4.98 Å². The van der Waals surface area contributed by atoms with Crippen molar-refractivity contribution in [3.63, 3.8) is 0 Å². The molecule has 3 aromatic carbocycles. The van der Waals surface area contributed by atoms with E-state index < -0.39 is 23.7 Å². The summed E-state index contributed by atoms with van der Waals surface area (Å²) in [5, 5.41) is 4.57. The van der Waals surface area contributed by atoms with E-state index in [9.17, 15) is 27.6 Å². The summed E-state index contributed by atoms with van der Waals surface area (Å²) < 4.78 is 62.7. The highest BCUT2D eigenvalue weighted by Gasteiger charge is 2.39. The van der Waals surface area contributed by atoms with Crippen molar-refractivity contribution in [3.8, 4) is 34.6 Å². The van der Waals surface area contributed by atoms with Gasteiger partial charge in [-0.3, -0.25) is 24.7 Å². The van der Waals surface area contributed by atoms with Crippen molar-refractivity contribution in [3.05, 3.63) is 114 Å². The van der Waals surface area contributed by atoms with Gasteiger partial charge in [-0.2, -0.15) is 13.2 Å². The predicted octanol–water partition coefficient (Wildman–Crippen LogP) is 7.59. The molecule has 3 aromatic heterocycles. The van der Waals surface area contributed by atoms with E-state index in [-0.39, 0.29) is 61.7 Å². The first-order valence-electron chi connectivity index (χ1n) is 21.4. The normalized spacial score (nSPS) is 20.2. The highest BCUT2D eigenvalue weighted by atomic mass is 19.4. The number of hydrogen-bond acceptors (Lipinski definition) is 9. The van der Waals surface area contributed by atoms with Crippen molar-refractivity contribution in [2.45, 2.75) is 75.6 Å². The molecule has 1 aliphatic carbocycles. The molecule has 0 bridgehead atoms. The van der Waals surface area contributed by atoms with E-state index in [0.717, 1.165) is 51.8 Å². The molecule has 12 nitrogen and oxygen atoms in total. The van der Waals surface area contributed by atoms with Gasteiger partial charge in [-0.05, 0) is 85.0 Å². The second kappa shape index (κ2) is 16.7. The van der Waals surface area contributed by atoms with Crippen LogP contribution in [0.4, 0.5) is 18.9 Å². The predicted molar refractivity (Wildman–Crippen MR) is 232 cm³/mol. The summed E-state index contributed by atoms with van der Waals surface area (Å²) in [5.74, 6) is 5.51. The van der Waals surface area contributed by atoms with Gasteiger partial charge in [0.25, 0.3) is 5.91 Å². The molecule has 64 heavy (non-hydrogen) atoms. The number of ether oxygens (including phenoxy) is 3. The minimum absolute atomic E-state index is 0.00358. The Morgan fingerprint density at radius 2 is 1.67 bits per heavy atom. The Morgan fingerprint density at radius 1 is 0.844 bits per heavy atom. The number of rotatable bonds is 9. The summed E-state index contributed by atoms with van der Waals surface area (Å²) in [6.45, 7) is 1.17. The summed E-state index contributed by atoms with van der Waals surface area (Å²) in [4.78, 5) is 49.2. The number of aryl methyl sites for hydroxylation is 1. The van der Waals surface area contributed by atoms with E-state index in [2.05, 4.69) is 56.9 Å². The fourth-order valence-electron chi connectivity index (χ4n) is 9.20. The number of piperidine rings is 2. The lowest BCUT2D eigenvalue weighted by Gasteiger charge is -2.40. The van der Waals surface area contributed by atoms with E-state index in [1.807, 2.05) is 35.5 Å². The average Bonchev–Trinajstić information content (AvgIpc) is 3.76. The van der Waals surface area contributed by atoms with Crippen LogP contribution in [0, 0.1) is 11.8 Å². The maximum absolute atomic E-state index is 14.1. The third kappa shape index (κ3) is 8.21. The van der Waals surface area contributed by atoms with Crippen LogP contribution >= 0.6 is 0 Å². The molecule has 15 heteroatoms. The first kappa shape index (κ1) is 41.1. The van der Waals surface area contributed by atoms with Gasteiger partial charge < -0.3 is 28.6 Å². The molecule has 3 amide bonds. The largest absolute Gasteiger partial charge is 0.481 e. The van der Waals surface area contributed by atoms with Crippen molar-refractivity contribution < 1.29 is 41.8 Å². The molecule has 1 atom stereocenters. The summed E-state index contributed by atoms with van der Waals surface area (Å²) in [6.07, 6.45) is 4.27. The second-order valence-electron chi connectivity index (χ2n) is 16.8. The Hall–Kier alpha value is -6.92. The average molecular weight is 869 g/mol. The van der Waals surface area contributed by atoms with Gasteiger partial charge in [0, 0.05) is 109 Å². The van der Waals surface area contributed by atoms with Crippen LogP contribution < -0.4 is 19.7 Å². The quantitative estimate of drug-likeness (QED) is 0.116. The van der Waals surface area contributed by atoms with E-state index in [1.54, 1.807) is 30.5 Å². The summed E-state index contributed by atoms with van der Waals surface area (Å²) in [6, 6.07) is 20.4. The molecule has 10 rings (SSSR count). The third-order valence-electron chi connectivity index (χ3n) is 12.7. The maximum Gasteiger partial charge on any atom is 0.416 e. The van der Waals surface area contributed by atoms with Crippen LogP contribution in [0.25, 0.3) is 32.9 Å². The Morgan fingerprint density at radius 3 is 2.45 bits per heavy atom. The van der Waals surface area contributed by atoms with Crippen LogP contribution in [-0.2, 0) is 34.1 Å². The number of benzene rings is 3. The van der Waals surface area contributed by atoms with Crippen molar-refractivity contribution in [2.75, 3.05) is 24.6 Å². The number of aromatic nitrogens is 3. The number of imide groups is 1. The lowest BCUT2D eigenvalue weighted by molar-refractivity contribution is -0.138. The van der Waals surface area contributed by atoms with Crippen LogP contribution in [0.1, 0.15) is 65.6 Å². The van der Waals surface area contributed by atoms with Gasteiger partial charge in [-0.15, -0.1) is 0 Å². The van der Waals surface area contributed by atoms with E-state index in [4.69, 9.17) is 14.2 Å². The van der Waals surface area contributed by atoms with E-state index in [1.165, 1.54) is 11.0 Å². The zero-order valence-corrected chi connectivity index (χ0v) is 34.9. The number of carbonyl (C=O) groups is 3. The SMILES string of the molecule is Cn1c2ccncc2c2ccc(-c3ccc(OC4CC(OC5CCN(c6cc(C#CCOc7ccc8c(c7)CN(C7CCC(=O)NC7=O)C8=O)cc(C(F)(F)F)c6)CC5)C4)nc3)cc21. The molecular weight excluding hydrogens is 826 g/mol. The number of nitrogens with one attached hydrogen (secondary N) is 1. The zero-order valence-electron chi connectivity index (χ0n) is 34.9. The molecule has 6 heterocycles. The van der Waals surface area contributed by atoms with Gasteiger partial charge in [0.1, 0.15) is 24.5 Å². The molecule has 1 saturated carbocycles. The number of alkyl halides is 3. The molecule has 2 saturated heterocycles. The fourth-order valence-corrected chi connectivity index (χ4v) is 9.20. The minimum atomic E-state index is -4.56. The number of nitrogens with zero attached hydrogens (tertiary/aromatic N) is 5. The lowest BCUT2D eigenvalue weighted by atomic mass is 9.91. The zero-order chi connectivity index (χ0) is 44.1. The standard InChI is InChI=1S/C49H43F3N6O6/c1-56-42-12-15-53-27-41(42)40-7-4-30(22-44(40)56)31-5-11-46(54-26-31)64-38-24-37(25-38)63-35-13-16-57(17-14-35)34-20-29(19-33(23-34)49(50,51)52)3-2-18-62-36-6-8-39-32(21-36)28-58(48(39)61)43-9-10-45(59)55-47(43)60/h4-8,11-12,15,19-23,26-27,35,37-38,43H,9-10,13-14,16-18,24-25,28H2,1H3,(H,55,59,60). The topological polar surface area (TPSA) is 128 Å². The van der Waals surface area contributed by atoms with E-state index in [0.29, 0.717) is 54.4 Å². The smallest absolute Gasteiger partial charge is 0.416 e. The van der Waals surface area contributed by atoms with Crippen LogP contribution in [-0.4, -0.2) is 81.2 Å². The van der Waals surface area contributed by atoms with Crippen molar-refractivity contribution in [2.24, 2.45) is 7.05 Å². The molecule has 0 radical (unpaired) electrons. The highest BCUT2D eigenvalue weighted by Crippen LogP contribution is 2.37. The number of fused-ring (bicyclic) bond motifs is 4. The van der Waals surface area contributed by atoms with Crippen LogP contribution in [0.15, 0.2) is 91.4 Å². The Kier molecular flexibility index (Phi) is 10.7. The molecule has 3 aliphatic heterocycles. The molecule has 1 unspecified atom stereocenters. The monoisotopic (exact) mass is 868 g/mol. The van der Waals surface area contributed by atoms with Crippen molar-refractivity contribution in [1.29, 1.82) is 0 Å². The van der Waals surface area contributed by atoms with Gasteiger partial charge in [0.2, 0.25) is 17.7 Å². The third-order valence-corrected chi connectivity index (χ3v) is 12.7. The van der Waals surface area contributed by atoms with Crippen LogP contribution in [0.5, 0.6) is 11.6 Å². The van der Waals surface area contributed by atoms with E-state index >= 15 is 0 Å². The molecule has 3 fully saturated rings. The van der Waals surface area contributed by atoms with Gasteiger partial charge in [-0.1, -0.05) is 24.0 Å². The summed E-state index contributed by atoms with van der Waals surface area (Å²) in [7, 11) is 2.06. The molecule has 1 N–H and O–H groups in total. The Bertz CT molecular complexity index is 2870. The van der Waals surface area contributed by atoms with Gasteiger partial charge >= 0.3 is 6.18 Å². The minimum Gasteiger partial charge on any atom is -0.481 e. The number of pyridine rings is 2. The number of amides is 3. The molecular formula is C49H43F3N6O6. The number of anilines is 1. The molecule has 4 aliphatic rings. The second-order valence-corrected chi connectivity index (χ2v) is 16.8. The Balaban J connectivity index is 0.700. The van der Waals surface area contributed by atoms with Crippen molar-refractivity contribution in [1.82, 2.24) is 24.8 Å². The highest BCUT2D eigenvalue weighted by molar-refractivity contribution is 6.08. The number of halogens is 3. The lowest BCUT2D eigenvalue weighted by Crippen LogP contribution is -2.52. The summed E-state index contributed by atoms with van der Waals surface area (Å²) in [5.41, 5.74) is 5.32. The first-order valence-corrected chi connectivity index (χ1v) is 21.4. The van der Waals surface area contributed by atoms with Gasteiger partial charge in [0.05, 0.1) is 23.3 Å². The summed E-state index contributed by atoms with van der Waals surface area (Å²) >= 11 is 0. The van der Waals surface area contributed by atoms with Gasteiger partial charge in [0.15, 0.2) is 0 Å². The fraction of sp³-hybridized carbons (Fsp3) is 0.327. The molecule has 0 spiro atoms. The number of carbonyl (C=O) groups excluding carboxylic acids is 3. The first-order chi connectivity index (χ1) is 30.9. The molecule has 326 valence electrons. The van der Waals surface area contributed by atoms with Crippen LogP contribution in [0.3, 0.4) is 0 Å². The van der Waals surface area contributed by atoms with Crippen molar-refractivity contribution >= 4 is 45.2 Å². The number of hydrogen-bond donors (Lipinski definition) is 1. The molecule has 6 aromatic rings. The van der Waals surface area contributed by atoms with Crippen LogP contribution in [0.2, 0.25) is 0 Å². The Labute approximate surface area is 366 Å². The maximum atomic E-state index is 14.1.